The van der Waals surface area contributed by atoms with Gasteiger partial charge >= 0.3 is 0 Å². The Morgan fingerprint density at radius 3 is 2.22 bits per heavy atom. The lowest BCUT2D eigenvalue weighted by Crippen LogP contribution is -2.47. The van der Waals surface area contributed by atoms with Gasteiger partial charge in [-0.15, -0.1) is 0 Å². The molecule has 0 saturated heterocycles. The maximum atomic E-state index is 6.67. The molecule has 1 nitrogen and oxygen atoms in total. The summed E-state index contributed by atoms with van der Waals surface area (Å²) in [5.74, 6) is 1.38. The van der Waals surface area contributed by atoms with Gasteiger partial charge in [0.1, 0.15) is 0 Å². The summed E-state index contributed by atoms with van der Waals surface area (Å²) in [5, 5.41) is 0.299. The molecule has 1 saturated carbocycles. The van der Waals surface area contributed by atoms with Crippen LogP contribution >= 0.6 is 0 Å². The van der Waals surface area contributed by atoms with Crippen molar-refractivity contribution in [1.82, 2.24) is 0 Å². The maximum Gasteiger partial charge on any atom is 0.192 e. The highest BCUT2D eigenvalue weighted by Gasteiger charge is 2.42. The Bertz CT molecular complexity index is 301. The molecule has 0 aromatic carbocycles. The van der Waals surface area contributed by atoms with Crippen molar-refractivity contribution in [2.24, 2.45) is 11.8 Å². The first-order valence-corrected chi connectivity index (χ1v) is 10.3. The Labute approximate surface area is 115 Å². The molecule has 0 bridgehead atoms. The van der Waals surface area contributed by atoms with Crippen molar-refractivity contribution in [3.63, 3.8) is 0 Å². The van der Waals surface area contributed by atoms with Gasteiger partial charge in [-0.25, -0.2) is 0 Å². The second kappa shape index (κ2) is 5.50. The molecule has 0 spiro atoms. The Hall–Kier alpha value is -0.0831. The average Bonchev–Trinajstić information content (AvgIpc) is 2.14. The van der Waals surface area contributed by atoms with E-state index in [-0.39, 0.29) is 0 Å². The van der Waals surface area contributed by atoms with Crippen molar-refractivity contribution in [2.75, 3.05) is 0 Å². The van der Waals surface area contributed by atoms with E-state index in [1.807, 2.05) is 0 Å². The van der Waals surface area contributed by atoms with Gasteiger partial charge in [0.25, 0.3) is 0 Å². The highest BCUT2D eigenvalue weighted by Crippen LogP contribution is 2.42. The van der Waals surface area contributed by atoms with Crippen LogP contribution in [0.5, 0.6) is 0 Å². The fraction of sp³-hybridized carbons (Fsp3) is 0.875. The number of hydrogen-bond donors (Lipinski definition) is 0. The Kier molecular flexibility index (Phi) is 4.88. The first kappa shape index (κ1) is 16.0. The summed E-state index contributed by atoms with van der Waals surface area (Å²) in [6.45, 7) is 20.4. The normalized spacial score (nSPS) is 30.3. The molecular formula is C16H32OSi. The molecule has 0 amide bonds. The van der Waals surface area contributed by atoms with Gasteiger partial charge in [0.05, 0.1) is 6.10 Å². The second-order valence-corrected chi connectivity index (χ2v) is 12.5. The van der Waals surface area contributed by atoms with Crippen molar-refractivity contribution in [2.45, 2.75) is 78.1 Å². The van der Waals surface area contributed by atoms with Crippen LogP contribution in [0.1, 0.15) is 53.9 Å². The fourth-order valence-corrected chi connectivity index (χ4v) is 3.95. The molecule has 0 aromatic rings. The third kappa shape index (κ3) is 3.71. The maximum absolute atomic E-state index is 6.67. The van der Waals surface area contributed by atoms with E-state index >= 15 is 0 Å². The highest BCUT2D eigenvalue weighted by atomic mass is 28.4. The summed E-state index contributed by atoms with van der Waals surface area (Å²) in [7, 11) is -1.65. The van der Waals surface area contributed by atoms with Crippen LogP contribution in [0.3, 0.4) is 0 Å². The zero-order valence-corrected chi connectivity index (χ0v) is 14.5. The van der Waals surface area contributed by atoms with Crippen LogP contribution in [0.4, 0.5) is 0 Å². The van der Waals surface area contributed by atoms with E-state index in [2.05, 4.69) is 54.3 Å². The summed E-state index contributed by atoms with van der Waals surface area (Å²) >= 11 is 0. The zero-order chi connectivity index (χ0) is 14.1. The van der Waals surface area contributed by atoms with Crippen LogP contribution in [0.15, 0.2) is 12.2 Å². The van der Waals surface area contributed by atoms with Crippen molar-refractivity contribution < 1.29 is 4.43 Å². The van der Waals surface area contributed by atoms with Gasteiger partial charge < -0.3 is 4.43 Å². The van der Waals surface area contributed by atoms with E-state index in [0.717, 1.165) is 5.92 Å². The smallest absolute Gasteiger partial charge is 0.192 e. The molecule has 0 unspecified atom stereocenters. The van der Waals surface area contributed by atoms with E-state index in [9.17, 15) is 0 Å². The van der Waals surface area contributed by atoms with Crippen LogP contribution < -0.4 is 0 Å². The molecule has 18 heavy (non-hydrogen) atoms. The monoisotopic (exact) mass is 268 g/mol. The fourth-order valence-electron chi connectivity index (χ4n) is 2.58. The van der Waals surface area contributed by atoms with Crippen molar-refractivity contribution in [3.05, 3.63) is 12.2 Å². The van der Waals surface area contributed by atoms with Crippen molar-refractivity contribution in [3.8, 4) is 0 Å². The average molecular weight is 269 g/mol. The number of rotatable bonds is 3. The van der Waals surface area contributed by atoms with Gasteiger partial charge in [0.2, 0.25) is 0 Å². The third-order valence-corrected chi connectivity index (χ3v) is 9.44. The van der Waals surface area contributed by atoms with Crippen LogP contribution in [-0.2, 0) is 4.43 Å². The highest BCUT2D eigenvalue weighted by molar-refractivity contribution is 6.74. The minimum atomic E-state index is -1.65. The molecule has 0 radical (unpaired) electrons. The quantitative estimate of drug-likeness (QED) is 0.492. The first-order valence-electron chi connectivity index (χ1n) is 7.38. The molecule has 0 heterocycles. The Balaban J connectivity index is 2.81. The number of hydrogen-bond acceptors (Lipinski definition) is 1. The molecule has 0 aliphatic heterocycles. The molecule has 1 rings (SSSR count). The van der Waals surface area contributed by atoms with E-state index in [0.29, 0.717) is 17.1 Å². The van der Waals surface area contributed by atoms with Crippen LogP contribution in [0.25, 0.3) is 0 Å². The molecule has 1 fully saturated rings. The summed E-state index contributed by atoms with van der Waals surface area (Å²) in [6.07, 6.45) is 4.21. The minimum absolute atomic E-state index is 0.299. The van der Waals surface area contributed by atoms with E-state index in [1.165, 1.54) is 24.8 Å². The molecule has 106 valence electrons. The van der Waals surface area contributed by atoms with Crippen LogP contribution in [-0.4, -0.2) is 14.4 Å². The second-order valence-electron chi connectivity index (χ2n) is 7.79. The van der Waals surface area contributed by atoms with Gasteiger partial charge in [0, 0.05) is 5.92 Å². The first-order chi connectivity index (χ1) is 8.04. The van der Waals surface area contributed by atoms with Crippen LogP contribution in [0, 0.1) is 11.8 Å². The Morgan fingerprint density at radius 2 is 1.78 bits per heavy atom. The largest absolute Gasteiger partial charge is 0.413 e. The SMILES string of the molecule is C=C(C)[C@@H]1CC[C@@H](C)C[C@H]1O[Si](C)(C)C(C)(C)C. The lowest BCUT2D eigenvalue weighted by Gasteiger charge is -2.44. The predicted octanol–water partition coefficient (Wildman–Crippen LogP) is 5.39. The third-order valence-electron chi connectivity index (χ3n) is 4.94. The van der Waals surface area contributed by atoms with Crippen molar-refractivity contribution in [1.29, 1.82) is 0 Å². The lowest BCUT2D eigenvalue weighted by molar-refractivity contribution is 0.0746. The zero-order valence-electron chi connectivity index (χ0n) is 13.5. The molecule has 3 atom stereocenters. The van der Waals surface area contributed by atoms with E-state index in [4.69, 9.17) is 4.43 Å². The van der Waals surface area contributed by atoms with Gasteiger partial charge in [-0.3, -0.25) is 0 Å². The van der Waals surface area contributed by atoms with Crippen LogP contribution in [0.2, 0.25) is 18.1 Å². The molecule has 1 aliphatic carbocycles. The topological polar surface area (TPSA) is 9.23 Å². The standard InChI is InChI=1S/C16H32OSi/c1-12(2)14-10-9-13(3)11-15(14)17-18(7,8)16(4,5)6/h13-15H,1,9-11H2,2-8H3/t13-,14+,15-/m1/s1. The summed E-state index contributed by atoms with van der Waals surface area (Å²) < 4.78 is 6.67. The predicted molar refractivity (Wildman–Crippen MR) is 83.4 cm³/mol. The van der Waals surface area contributed by atoms with Gasteiger partial charge in [0.15, 0.2) is 8.32 Å². The summed E-state index contributed by atoms with van der Waals surface area (Å²) in [4.78, 5) is 0. The minimum Gasteiger partial charge on any atom is -0.413 e. The lowest BCUT2D eigenvalue weighted by atomic mass is 9.78. The Morgan fingerprint density at radius 1 is 1.22 bits per heavy atom. The van der Waals surface area contributed by atoms with Crippen molar-refractivity contribution >= 4 is 8.32 Å². The molecule has 0 N–H and O–H groups in total. The molecular weight excluding hydrogens is 236 g/mol. The summed E-state index contributed by atoms with van der Waals surface area (Å²) in [5.41, 5.74) is 1.31. The van der Waals surface area contributed by atoms with E-state index in [1.54, 1.807) is 0 Å². The van der Waals surface area contributed by atoms with Gasteiger partial charge in [-0.2, -0.15) is 0 Å². The van der Waals surface area contributed by atoms with Gasteiger partial charge in [-0.05, 0) is 50.2 Å². The van der Waals surface area contributed by atoms with E-state index < -0.39 is 8.32 Å². The summed E-state index contributed by atoms with van der Waals surface area (Å²) in [6, 6.07) is 0. The van der Waals surface area contributed by atoms with Gasteiger partial charge in [-0.1, -0.05) is 39.8 Å². The molecule has 2 heteroatoms. The molecule has 1 aliphatic rings. The molecule has 0 aromatic heterocycles.